The maximum absolute atomic E-state index is 12.0. The van der Waals surface area contributed by atoms with Crippen LogP contribution in [0.1, 0.15) is 22.8 Å². The first kappa shape index (κ1) is 16.8. The van der Waals surface area contributed by atoms with Gasteiger partial charge in [0.15, 0.2) is 0 Å². The number of anilines is 1. The lowest BCUT2D eigenvalue weighted by Crippen LogP contribution is -2.45. The van der Waals surface area contributed by atoms with Crippen molar-refractivity contribution in [2.24, 2.45) is 0 Å². The van der Waals surface area contributed by atoms with E-state index in [1.807, 2.05) is 30.2 Å². The van der Waals surface area contributed by atoms with Gasteiger partial charge in [0.05, 0.1) is 17.1 Å². The van der Waals surface area contributed by atoms with Crippen LogP contribution in [0.5, 0.6) is 0 Å². The van der Waals surface area contributed by atoms with Crippen LogP contribution in [0, 0.1) is 13.8 Å². The Balaban J connectivity index is 1.53. The molecule has 2 aromatic rings. The molecule has 128 valence electrons. The molecule has 0 saturated carbocycles. The Labute approximate surface area is 144 Å². The molecule has 2 N–H and O–H groups in total. The van der Waals surface area contributed by atoms with E-state index in [-0.39, 0.29) is 18.9 Å². The zero-order valence-corrected chi connectivity index (χ0v) is 14.6. The predicted octanol–water partition coefficient (Wildman–Crippen LogP) is 0.850. The fourth-order valence-electron chi connectivity index (χ4n) is 2.79. The van der Waals surface area contributed by atoms with E-state index in [1.165, 1.54) is 17.7 Å². The molecular formula is C16H21N5O2S. The highest BCUT2D eigenvalue weighted by Crippen LogP contribution is 2.25. The summed E-state index contributed by atoms with van der Waals surface area (Å²) in [6.07, 6.45) is 2.36. The summed E-state index contributed by atoms with van der Waals surface area (Å²) in [5.41, 5.74) is 0.723. The van der Waals surface area contributed by atoms with Gasteiger partial charge in [0.1, 0.15) is 17.7 Å². The first-order chi connectivity index (χ1) is 11.4. The average Bonchev–Trinajstić information content (AvgIpc) is 3.12. The minimum Gasteiger partial charge on any atom is -0.386 e. The highest BCUT2D eigenvalue weighted by atomic mass is 32.1. The second-order valence-corrected chi connectivity index (χ2v) is 7.29. The maximum atomic E-state index is 12.0. The lowest BCUT2D eigenvalue weighted by Gasteiger charge is -2.24. The molecule has 24 heavy (non-hydrogen) atoms. The number of nitrogens with zero attached hydrogens (tertiary/aromatic N) is 4. The molecule has 1 fully saturated rings. The number of hydrogen-bond acceptors (Lipinski definition) is 7. The normalized spacial score (nSPS) is 20.4. The molecule has 0 aromatic carbocycles. The van der Waals surface area contributed by atoms with Gasteiger partial charge in [-0.3, -0.25) is 4.79 Å². The summed E-state index contributed by atoms with van der Waals surface area (Å²) in [7, 11) is 0. The van der Waals surface area contributed by atoms with Crippen molar-refractivity contribution in [2.75, 3.05) is 24.5 Å². The van der Waals surface area contributed by atoms with Crippen molar-refractivity contribution in [3.63, 3.8) is 0 Å². The van der Waals surface area contributed by atoms with Gasteiger partial charge < -0.3 is 15.3 Å². The van der Waals surface area contributed by atoms with E-state index in [2.05, 4.69) is 20.3 Å². The fraction of sp³-hybridized carbons (Fsp3) is 0.500. The Kier molecular flexibility index (Phi) is 4.77. The number of nitrogens with one attached hydrogen (secondary N) is 1. The Morgan fingerprint density at radius 2 is 2.29 bits per heavy atom. The Morgan fingerprint density at radius 1 is 1.46 bits per heavy atom. The zero-order chi connectivity index (χ0) is 17.2. The molecular weight excluding hydrogens is 326 g/mol. The van der Waals surface area contributed by atoms with E-state index < -0.39 is 5.60 Å². The molecule has 1 atom stereocenters. The van der Waals surface area contributed by atoms with Crippen LogP contribution >= 0.6 is 11.3 Å². The summed E-state index contributed by atoms with van der Waals surface area (Å²) in [6.45, 7) is 5.20. The van der Waals surface area contributed by atoms with E-state index in [1.54, 1.807) is 0 Å². The quantitative estimate of drug-likeness (QED) is 0.833. The number of aromatic nitrogens is 3. The minimum absolute atomic E-state index is 0.120. The Hall–Kier alpha value is -2.06. The number of aliphatic hydroxyl groups is 1. The zero-order valence-electron chi connectivity index (χ0n) is 13.8. The second kappa shape index (κ2) is 6.82. The van der Waals surface area contributed by atoms with Crippen molar-refractivity contribution in [1.29, 1.82) is 0 Å². The van der Waals surface area contributed by atoms with E-state index in [0.29, 0.717) is 19.5 Å². The molecule has 1 aliphatic rings. The van der Waals surface area contributed by atoms with Crippen molar-refractivity contribution in [2.45, 2.75) is 32.3 Å². The van der Waals surface area contributed by atoms with Crippen LogP contribution < -0.4 is 10.2 Å². The fourth-order valence-corrected chi connectivity index (χ4v) is 3.40. The lowest BCUT2D eigenvalue weighted by atomic mass is 10.0. The summed E-state index contributed by atoms with van der Waals surface area (Å²) in [5.74, 6) is 0.688. The van der Waals surface area contributed by atoms with Gasteiger partial charge in [0.25, 0.3) is 0 Å². The molecule has 1 saturated heterocycles. The first-order valence-electron chi connectivity index (χ1n) is 7.87. The lowest BCUT2D eigenvalue weighted by molar-refractivity contribution is -0.121. The molecule has 8 heteroatoms. The van der Waals surface area contributed by atoms with Gasteiger partial charge in [-0.05, 0) is 20.3 Å². The van der Waals surface area contributed by atoms with Crippen molar-refractivity contribution >= 4 is 23.1 Å². The number of carbonyl (C=O) groups excluding carboxylic acids is 1. The molecule has 1 amide bonds. The van der Waals surface area contributed by atoms with Gasteiger partial charge in [-0.15, -0.1) is 11.3 Å². The number of thiazole rings is 1. The number of hydrogen-bond donors (Lipinski definition) is 2. The van der Waals surface area contributed by atoms with Crippen molar-refractivity contribution in [3.05, 3.63) is 34.2 Å². The van der Waals surface area contributed by atoms with Crippen LogP contribution in [0.15, 0.2) is 17.8 Å². The van der Waals surface area contributed by atoms with E-state index in [4.69, 9.17) is 0 Å². The molecule has 0 spiro atoms. The van der Waals surface area contributed by atoms with Crippen molar-refractivity contribution < 1.29 is 9.90 Å². The summed E-state index contributed by atoms with van der Waals surface area (Å²) in [5, 5.41) is 16.4. The summed E-state index contributed by atoms with van der Waals surface area (Å²) in [6, 6.07) is 1.90. The molecule has 0 aliphatic carbocycles. The van der Waals surface area contributed by atoms with Crippen LogP contribution in [0.3, 0.4) is 0 Å². The highest BCUT2D eigenvalue weighted by molar-refractivity contribution is 7.09. The molecule has 2 aromatic heterocycles. The van der Waals surface area contributed by atoms with E-state index in [9.17, 15) is 9.90 Å². The standard InChI is InChI=1S/C16H21N5O2S/c1-11-5-14(19-10-18-11)21-4-3-16(23,9-21)8-17-15(22)6-13-7-24-12(2)20-13/h5,7,10,23H,3-4,6,8-9H2,1-2H3,(H,17,22). The number of rotatable bonds is 5. The summed E-state index contributed by atoms with van der Waals surface area (Å²) in [4.78, 5) is 26.7. The molecule has 1 aliphatic heterocycles. The maximum Gasteiger partial charge on any atom is 0.226 e. The van der Waals surface area contributed by atoms with Gasteiger partial charge in [-0.1, -0.05) is 0 Å². The van der Waals surface area contributed by atoms with Crippen LogP contribution in [-0.2, 0) is 11.2 Å². The minimum atomic E-state index is -0.938. The number of aryl methyl sites for hydroxylation is 2. The van der Waals surface area contributed by atoms with Gasteiger partial charge in [-0.2, -0.15) is 0 Å². The number of carbonyl (C=O) groups is 1. The topological polar surface area (TPSA) is 91.2 Å². The Morgan fingerprint density at radius 3 is 3.00 bits per heavy atom. The Bertz CT molecular complexity index is 735. The molecule has 3 rings (SSSR count). The van der Waals surface area contributed by atoms with Crippen molar-refractivity contribution in [3.8, 4) is 0 Å². The van der Waals surface area contributed by atoms with E-state index in [0.717, 1.165) is 22.2 Å². The first-order valence-corrected chi connectivity index (χ1v) is 8.75. The van der Waals surface area contributed by atoms with Gasteiger partial charge in [0, 0.05) is 36.8 Å². The van der Waals surface area contributed by atoms with Crippen LogP contribution in [0.25, 0.3) is 0 Å². The third-order valence-corrected chi connectivity index (χ3v) is 4.89. The third kappa shape index (κ3) is 4.07. The highest BCUT2D eigenvalue weighted by Gasteiger charge is 2.37. The van der Waals surface area contributed by atoms with Gasteiger partial charge >= 0.3 is 0 Å². The smallest absolute Gasteiger partial charge is 0.226 e. The summed E-state index contributed by atoms with van der Waals surface area (Å²) < 4.78 is 0. The number of amides is 1. The van der Waals surface area contributed by atoms with Crippen LogP contribution in [0.2, 0.25) is 0 Å². The molecule has 1 unspecified atom stereocenters. The largest absolute Gasteiger partial charge is 0.386 e. The second-order valence-electron chi connectivity index (χ2n) is 6.22. The third-order valence-electron chi connectivity index (χ3n) is 4.07. The summed E-state index contributed by atoms with van der Waals surface area (Å²) >= 11 is 1.53. The van der Waals surface area contributed by atoms with Gasteiger partial charge in [-0.25, -0.2) is 15.0 Å². The number of β-amino-alcohol motifs (C(OH)–C–C–N with tert-alkyl or cyclic N) is 1. The predicted molar refractivity (Wildman–Crippen MR) is 92.1 cm³/mol. The molecule has 7 nitrogen and oxygen atoms in total. The van der Waals surface area contributed by atoms with E-state index >= 15 is 0 Å². The monoisotopic (exact) mass is 347 g/mol. The van der Waals surface area contributed by atoms with Gasteiger partial charge in [0.2, 0.25) is 5.91 Å². The van der Waals surface area contributed by atoms with Crippen LogP contribution in [0.4, 0.5) is 5.82 Å². The molecule has 3 heterocycles. The van der Waals surface area contributed by atoms with Crippen molar-refractivity contribution in [1.82, 2.24) is 20.3 Å². The average molecular weight is 347 g/mol. The SMILES string of the molecule is Cc1cc(N2CCC(O)(CNC(=O)Cc3csc(C)n3)C2)ncn1. The molecule has 0 radical (unpaired) electrons. The van der Waals surface area contributed by atoms with Crippen LogP contribution in [-0.4, -0.2) is 51.2 Å². The molecule has 0 bridgehead atoms.